The molecule has 2 aromatic rings. The molecule has 1 saturated heterocycles. The molecule has 0 radical (unpaired) electrons. The van der Waals surface area contributed by atoms with Gasteiger partial charge in [0, 0.05) is 44.4 Å². The van der Waals surface area contributed by atoms with Gasteiger partial charge in [-0.2, -0.15) is 0 Å². The van der Waals surface area contributed by atoms with Crippen LogP contribution in [0.5, 0.6) is 0 Å². The second-order valence-electron chi connectivity index (χ2n) is 6.83. The molecule has 1 fully saturated rings. The molecule has 28 heavy (non-hydrogen) atoms. The van der Waals surface area contributed by atoms with Crippen molar-refractivity contribution < 1.29 is 0 Å². The first kappa shape index (κ1) is 22.7. The number of aromatic nitrogens is 1. The Hall–Kier alpha value is -1.54. The maximum absolute atomic E-state index is 5.92. The fraction of sp³-hybridized carbons (Fsp3) is 0.429. The summed E-state index contributed by atoms with van der Waals surface area (Å²) in [4.78, 5) is 11.3. The second kappa shape index (κ2) is 12.1. The Morgan fingerprint density at radius 3 is 2.14 bits per heavy atom. The van der Waals surface area contributed by atoms with Gasteiger partial charge in [-0.1, -0.05) is 42.6 Å². The first-order valence-corrected chi connectivity index (χ1v) is 10.0. The van der Waals surface area contributed by atoms with Gasteiger partial charge < -0.3 is 15.5 Å². The van der Waals surface area contributed by atoms with Gasteiger partial charge in [-0.3, -0.25) is 4.99 Å². The minimum absolute atomic E-state index is 0. The van der Waals surface area contributed by atoms with Crippen molar-refractivity contribution in [2.45, 2.75) is 38.8 Å². The summed E-state index contributed by atoms with van der Waals surface area (Å²) in [5.41, 5.74) is 2.30. The lowest BCUT2D eigenvalue weighted by atomic mass is 10.2. The Morgan fingerprint density at radius 2 is 1.57 bits per heavy atom. The molecule has 1 aliphatic heterocycles. The molecule has 1 aromatic heterocycles. The number of rotatable bonds is 5. The summed E-state index contributed by atoms with van der Waals surface area (Å²) in [6.45, 7) is 3.62. The minimum Gasteiger partial charge on any atom is -0.357 e. The average molecular weight is 514 g/mol. The third-order valence-corrected chi connectivity index (χ3v) is 5.05. The molecule has 0 spiro atoms. The van der Waals surface area contributed by atoms with Gasteiger partial charge >= 0.3 is 0 Å². The van der Waals surface area contributed by atoms with Crippen molar-refractivity contribution in [1.82, 2.24) is 15.6 Å². The Kier molecular flexibility index (Phi) is 9.84. The monoisotopic (exact) mass is 513 g/mol. The second-order valence-corrected chi connectivity index (χ2v) is 7.27. The molecule has 0 atom stereocenters. The van der Waals surface area contributed by atoms with Crippen LogP contribution in [-0.4, -0.2) is 31.1 Å². The molecule has 1 aliphatic rings. The van der Waals surface area contributed by atoms with Gasteiger partial charge in [0.1, 0.15) is 5.82 Å². The number of aliphatic imine (C=N–C) groups is 1. The predicted octanol–water partition coefficient (Wildman–Crippen LogP) is 4.60. The van der Waals surface area contributed by atoms with E-state index in [-0.39, 0.29) is 24.0 Å². The van der Waals surface area contributed by atoms with Crippen molar-refractivity contribution in [3.8, 4) is 0 Å². The number of hydrogen-bond acceptors (Lipinski definition) is 3. The molecule has 0 bridgehead atoms. The molecule has 0 aliphatic carbocycles. The van der Waals surface area contributed by atoms with Crippen molar-refractivity contribution in [1.29, 1.82) is 0 Å². The summed E-state index contributed by atoms with van der Waals surface area (Å²) in [5.74, 6) is 1.85. The highest BCUT2D eigenvalue weighted by atomic mass is 127. The summed E-state index contributed by atoms with van der Waals surface area (Å²) in [5, 5.41) is 7.40. The molecule has 0 saturated carbocycles. The largest absolute Gasteiger partial charge is 0.357 e. The molecule has 3 rings (SSSR count). The molecule has 2 N–H and O–H groups in total. The van der Waals surface area contributed by atoms with Gasteiger partial charge in [0.25, 0.3) is 0 Å². The van der Waals surface area contributed by atoms with Crippen molar-refractivity contribution in [2.75, 3.05) is 25.0 Å². The van der Waals surface area contributed by atoms with Crippen molar-refractivity contribution in [3.63, 3.8) is 0 Å². The number of hydrogen-bond donors (Lipinski definition) is 2. The maximum Gasteiger partial charge on any atom is 0.191 e. The van der Waals surface area contributed by atoms with E-state index >= 15 is 0 Å². The smallest absolute Gasteiger partial charge is 0.191 e. The van der Waals surface area contributed by atoms with Crippen LogP contribution in [0.4, 0.5) is 5.82 Å². The van der Waals surface area contributed by atoms with E-state index in [1.807, 2.05) is 30.5 Å². The van der Waals surface area contributed by atoms with Crippen LogP contribution in [0.15, 0.2) is 47.6 Å². The standard InChI is InChI=1S/C21H28ClN5.HI/c1-23-21(25-14-17-6-9-19(22)10-7-17)26-16-18-8-11-20(24-15-18)27-12-4-2-3-5-13-27;/h6-11,15H,2-5,12-14,16H2,1H3,(H2,23,25,26);1H. The molecular weight excluding hydrogens is 485 g/mol. The first-order valence-electron chi connectivity index (χ1n) is 9.63. The topological polar surface area (TPSA) is 52.6 Å². The van der Waals surface area contributed by atoms with E-state index in [1.54, 1.807) is 7.05 Å². The van der Waals surface area contributed by atoms with Crippen molar-refractivity contribution in [3.05, 3.63) is 58.7 Å². The summed E-state index contributed by atoms with van der Waals surface area (Å²) in [6.07, 6.45) is 7.15. The summed E-state index contributed by atoms with van der Waals surface area (Å²) < 4.78 is 0. The van der Waals surface area contributed by atoms with Crippen LogP contribution in [0.1, 0.15) is 36.8 Å². The molecule has 0 amide bonds. The molecule has 1 aromatic carbocycles. The van der Waals surface area contributed by atoms with Crippen molar-refractivity contribution in [2.24, 2.45) is 4.99 Å². The Balaban J connectivity index is 0.00000280. The van der Waals surface area contributed by atoms with Crippen molar-refractivity contribution >= 4 is 47.4 Å². The normalized spacial score (nSPS) is 14.8. The highest BCUT2D eigenvalue weighted by Crippen LogP contribution is 2.17. The maximum atomic E-state index is 5.92. The Morgan fingerprint density at radius 1 is 0.964 bits per heavy atom. The Labute approximate surface area is 190 Å². The Bertz CT molecular complexity index is 725. The number of nitrogens with one attached hydrogen (secondary N) is 2. The van der Waals surface area contributed by atoms with Crippen LogP contribution < -0.4 is 15.5 Å². The molecule has 0 unspecified atom stereocenters. The van der Waals surface area contributed by atoms with E-state index < -0.39 is 0 Å². The van der Waals surface area contributed by atoms with E-state index in [0.29, 0.717) is 13.1 Å². The molecule has 7 heteroatoms. The summed E-state index contributed by atoms with van der Waals surface area (Å²) in [6, 6.07) is 12.1. The number of guanidine groups is 1. The highest BCUT2D eigenvalue weighted by molar-refractivity contribution is 14.0. The third kappa shape index (κ3) is 7.13. The van der Waals surface area contributed by atoms with Crippen LogP contribution >= 0.6 is 35.6 Å². The lowest BCUT2D eigenvalue weighted by Gasteiger charge is -2.21. The summed E-state index contributed by atoms with van der Waals surface area (Å²) >= 11 is 5.92. The zero-order chi connectivity index (χ0) is 18.9. The summed E-state index contributed by atoms with van der Waals surface area (Å²) in [7, 11) is 1.78. The van der Waals surface area contributed by atoms with Gasteiger partial charge in [-0.25, -0.2) is 4.98 Å². The van der Waals surface area contributed by atoms with Crippen LogP contribution in [0.3, 0.4) is 0 Å². The van der Waals surface area contributed by atoms with Gasteiger partial charge in [0.2, 0.25) is 0 Å². The first-order chi connectivity index (χ1) is 13.2. The van der Waals surface area contributed by atoms with Gasteiger partial charge in [0.15, 0.2) is 5.96 Å². The number of benzene rings is 1. The fourth-order valence-corrected chi connectivity index (χ4v) is 3.33. The molecular formula is C21H29ClIN5. The van der Waals surface area contributed by atoms with Crippen LogP contribution in [0.2, 0.25) is 5.02 Å². The zero-order valence-electron chi connectivity index (χ0n) is 16.3. The quantitative estimate of drug-likeness (QED) is 0.349. The number of halogens is 2. The third-order valence-electron chi connectivity index (χ3n) is 4.80. The van der Waals surface area contributed by atoms with Gasteiger partial charge in [-0.15, -0.1) is 24.0 Å². The van der Waals surface area contributed by atoms with E-state index in [1.165, 1.54) is 25.7 Å². The number of nitrogens with zero attached hydrogens (tertiary/aromatic N) is 3. The van der Waals surface area contributed by atoms with Gasteiger partial charge in [0.05, 0.1) is 0 Å². The molecule has 152 valence electrons. The van der Waals surface area contributed by atoms with E-state index in [4.69, 9.17) is 11.6 Å². The minimum atomic E-state index is 0. The SMILES string of the molecule is CN=C(NCc1ccc(Cl)cc1)NCc1ccc(N2CCCCCC2)nc1.I. The van der Waals surface area contributed by atoms with Crippen LogP contribution in [0.25, 0.3) is 0 Å². The van der Waals surface area contributed by atoms with Gasteiger partial charge in [-0.05, 0) is 42.2 Å². The number of anilines is 1. The van der Waals surface area contributed by atoms with E-state index in [2.05, 4.69) is 37.6 Å². The van der Waals surface area contributed by atoms with E-state index in [0.717, 1.165) is 41.0 Å². The predicted molar refractivity (Wildman–Crippen MR) is 129 cm³/mol. The lowest BCUT2D eigenvalue weighted by Crippen LogP contribution is -2.36. The fourth-order valence-electron chi connectivity index (χ4n) is 3.20. The highest BCUT2D eigenvalue weighted by Gasteiger charge is 2.10. The van der Waals surface area contributed by atoms with E-state index in [9.17, 15) is 0 Å². The average Bonchev–Trinajstić information content (AvgIpc) is 2.99. The van der Waals surface area contributed by atoms with Crippen LogP contribution in [-0.2, 0) is 13.1 Å². The number of pyridine rings is 1. The molecule has 2 heterocycles. The zero-order valence-corrected chi connectivity index (χ0v) is 19.4. The lowest BCUT2D eigenvalue weighted by molar-refractivity contribution is 0.726. The molecule has 5 nitrogen and oxygen atoms in total. The van der Waals surface area contributed by atoms with Crippen LogP contribution in [0, 0.1) is 0 Å².